The molecule has 0 saturated carbocycles. The van der Waals surface area contributed by atoms with Gasteiger partial charge in [0.2, 0.25) is 0 Å². The van der Waals surface area contributed by atoms with Gasteiger partial charge in [0.25, 0.3) is 0 Å². The average Bonchev–Trinajstić information content (AvgIpc) is 2.46. The molecule has 0 heterocycles. The number of carboxylic acid groups (broad SMARTS) is 1. The number of nitrogens with zero attached hydrogens (tertiary/aromatic N) is 1. The Morgan fingerprint density at radius 3 is 2.55 bits per heavy atom. The lowest BCUT2D eigenvalue weighted by atomic mass is 10.0. The number of nitriles is 1. The Morgan fingerprint density at radius 2 is 1.95 bits per heavy atom. The third-order valence-electron chi connectivity index (χ3n) is 2.62. The van der Waals surface area contributed by atoms with E-state index in [4.69, 9.17) is 26.7 Å². The Kier molecular flexibility index (Phi) is 4.24. The van der Waals surface area contributed by atoms with Crippen LogP contribution >= 0.6 is 11.6 Å². The van der Waals surface area contributed by atoms with E-state index >= 15 is 0 Å². The van der Waals surface area contributed by atoms with Crippen LogP contribution in [0.1, 0.15) is 5.56 Å². The van der Waals surface area contributed by atoms with Gasteiger partial charge in [-0.25, -0.2) is 4.79 Å². The molecule has 0 fully saturated rings. The summed E-state index contributed by atoms with van der Waals surface area (Å²) in [7, 11) is 0. The highest BCUT2D eigenvalue weighted by atomic mass is 35.5. The molecule has 2 aromatic carbocycles. The van der Waals surface area contributed by atoms with Gasteiger partial charge in [0.15, 0.2) is 6.61 Å². The summed E-state index contributed by atoms with van der Waals surface area (Å²) in [6, 6.07) is 13.9. The number of aliphatic carboxylic acids is 1. The van der Waals surface area contributed by atoms with Crippen molar-refractivity contribution in [3.05, 3.63) is 53.1 Å². The van der Waals surface area contributed by atoms with E-state index in [1.165, 1.54) is 0 Å². The minimum Gasteiger partial charge on any atom is -0.481 e. The van der Waals surface area contributed by atoms with Crippen LogP contribution in [0.5, 0.6) is 5.75 Å². The van der Waals surface area contributed by atoms with Gasteiger partial charge in [0.1, 0.15) is 5.75 Å². The summed E-state index contributed by atoms with van der Waals surface area (Å²) < 4.78 is 5.24. The molecule has 0 atom stereocenters. The number of rotatable bonds is 4. The molecule has 5 heteroatoms. The Labute approximate surface area is 120 Å². The minimum atomic E-state index is -1.05. The van der Waals surface area contributed by atoms with Crippen LogP contribution in [0.25, 0.3) is 11.1 Å². The van der Waals surface area contributed by atoms with Crippen LogP contribution in [0, 0.1) is 11.3 Å². The molecule has 0 spiro atoms. The SMILES string of the molecule is N#Cc1ccc(-c2cc(Cl)ccc2OCC(=O)O)cc1. The Bertz CT molecular complexity index is 675. The lowest BCUT2D eigenvalue weighted by Gasteiger charge is -2.11. The summed E-state index contributed by atoms with van der Waals surface area (Å²) in [5.74, 6) is -0.618. The second kappa shape index (κ2) is 6.09. The lowest BCUT2D eigenvalue weighted by Crippen LogP contribution is -2.09. The molecule has 1 N–H and O–H groups in total. The van der Waals surface area contributed by atoms with Crippen molar-refractivity contribution in [3.8, 4) is 22.9 Å². The van der Waals surface area contributed by atoms with Crippen LogP contribution < -0.4 is 4.74 Å². The fourth-order valence-electron chi connectivity index (χ4n) is 1.72. The first-order valence-corrected chi connectivity index (χ1v) is 6.12. The third kappa shape index (κ3) is 3.28. The summed E-state index contributed by atoms with van der Waals surface area (Å²) in [4.78, 5) is 10.6. The van der Waals surface area contributed by atoms with Crippen LogP contribution in [-0.2, 0) is 4.79 Å². The number of halogens is 1. The molecule has 0 unspecified atom stereocenters. The van der Waals surface area contributed by atoms with Gasteiger partial charge >= 0.3 is 5.97 Å². The first-order chi connectivity index (χ1) is 9.60. The fourth-order valence-corrected chi connectivity index (χ4v) is 1.89. The van der Waals surface area contributed by atoms with E-state index in [0.29, 0.717) is 21.9 Å². The zero-order valence-electron chi connectivity index (χ0n) is 10.3. The zero-order chi connectivity index (χ0) is 14.5. The molecule has 0 amide bonds. The molecule has 2 rings (SSSR count). The molecule has 0 aliphatic rings. The van der Waals surface area contributed by atoms with E-state index in [1.54, 1.807) is 42.5 Å². The van der Waals surface area contributed by atoms with Crippen LogP contribution in [-0.4, -0.2) is 17.7 Å². The van der Waals surface area contributed by atoms with Crippen molar-refractivity contribution >= 4 is 17.6 Å². The summed E-state index contributed by atoms with van der Waals surface area (Å²) in [6.07, 6.45) is 0. The van der Waals surface area contributed by atoms with Crippen molar-refractivity contribution < 1.29 is 14.6 Å². The van der Waals surface area contributed by atoms with Gasteiger partial charge in [-0.05, 0) is 35.9 Å². The highest BCUT2D eigenvalue weighted by Crippen LogP contribution is 2.32. The quantitative estimate of drug-likeness (QED) is 0.936. The Balaban J connectivity index is 2.39. The van der Waals surface area contributed by atoms with Crippen molar-refractivity contribution in [3.63, 3.8) is 0 Å². The number of ether oxygens (including phenoxy) is 1. The van der Waals surface area contributed by atoms with E-state index in [1.807, 2.05) is 6.07 Å². The van der Waals surface area contributed by atoms with Crippen molar-refractivity contribution in [2.45, 2.75) is 0 Å². The van der Waals surface area contributed by atoms with Gasteiger partial charge in [-0.3, -0.25) is 0 Å². The molecule has 2 aromatic rings. The first kappa shape index (κ1) is 13.9. The van der Waals surface area contributed by atoms with E-state index in [2.05, 4.69) is 0 Å². The van der Waals surface area contributed by atoms with Gasteiger partial charge in [0.05, 0.1) is 11.6 Å². The maximum Gasteiger partial charge on any atom is 0.341 e. The van der Waals surface area contributed by atoms with Crippen molar-refractivity contribution in [1.29, 1.82) is 5.26 Å². The van der Waals surface area contributed by atoms with Crippen LogP contribution in [0.4, 0.5) is 0 Å². The van der Waals surface area contributed by atoms with Crippen LogP contribution in [0.2, 0.25) is 5.02 Å². The van der Waals surface area contributed by atoms with Gasteiger partial charge < -0.3 is 9.84 Å². The van der Waals surface area contributed by atoms with E-state index in [9.17, 15) is 4.79 Å². The third-order valence-corrected chi connectivity index (χ3v) is 2.85. The number of hydrogen-bond donors (Lipinski definition) is 1. The number of hydrogen-bond acceptors (Lipinski definition) is 3. The first-order valence-electron chi connectivity index (χ1n) is 5.75. The number of carboxylic acids is 1. The molecule has 4 nitrogen and oxygen atoms in total. The normalized spacial score (nSPS) is 9.80. The molecule has 20 heavy (non-hydrogen) atoms. The van der Waals surface area contributed by atoms with Crippen molar-refractivity contribution in [2.75, 3.05) is 6.61 Å². The highest BCUT2D eigenvalue weighted by molar-refractivity contribution is 6.31. The molecule has 0 aromatic heterocycles. The van der Waals surface area contributed by atoms with E-state index < -0.39 is 12.6 Å². The van der Waals surface area contributed by atoms with E-state index in [0.717, 1.165) is 5.56 Å². The molecule has 0 aliphatic carbocycles. The van der Waals surface area contributed by atoms with Crippen LogP contribution in [0.15, 0.2) is 42.5 Å². The van der Waals surface area contributed by atoms with Crippen molar-refractivity contribution in [1.82, 2.24) is 0 Å². The second-order valence-corrected chi connectivity index (χ2v) is 4.45. The molecule has 0 saturated heterocycles. The summed E-state index contributed by atoms with van der Waals surface area (Å²) in [6.45, 7) is -0.426. The molecular formula is C15H10ClNO3. The largest absolute Gasteiger partial charge is 0.481 e. The monoisotopic (exact) mass is 287 g/mol. The highest BCUT2D eigenvalue weighted by Gasteiger charge is 2.09. The predicted molar refractivity (Wildman–Crippen MR) is 74.7 cm³/mol. The summed E-state index contributed by atoms with van der Waals surface area (Å²) in [5.41, 5.74) is 2.03. The molecule has 0 radical (unpaired) electrons. The maximum absolute atomic E-state index is 10.6. The summed E-state index contributed by atoms with van der Waals surface area (Å²) >= 11 is 5.96. The maximum atomic E-state index is 10.6. The van der Waals surface area contributed by atoms with Crippen LogP contribution in [0.3, 0.4) is 0 Å². The van der Waals surface area contributed by atoms with E-state index in [-0.39, 0.29) is 0 Å². The van der Waals surface area contributed by atoms with Crippen molar-refractivity contribution in [2.24, 2.45) is 0 Å². The standard InChI is InChI=1S/C15H10ClNO3/c16-12-5-6-14(20-9-15(18)19)13(7-12)11-3-1-10(8-17)2-4-11/h1-7H,9H2,(H,18,19). The number of carbonyl (C=O) groups is 1. The molecule has 100 valence electrons. The Hall–Kier alpha value is -2.51. The molecule has 0 bridgehead atoms. The topological polar surface area (TPSA) is 70.3 Å². The minimum absolute atomic E-state index is 0.426. The molecule has 0 aliphatic heterocycles. The average molecular weight is 288 g/mol. The Morgan fingerprint density at radius 1 is 1.25 bits per heavy atom. The summed E-state index contributed by atoms with van der Waals surface area (Å²) in [5, 5.41) is 18.0. The number of benzene rings is 2. The second-order valence-electron chi connectivity index (χ2n) is 4.01. The lowest BCUT2D eigenvalue weighted by molar-refractivity contribution is -0.139. The fraction of sp³-hybridized carbons (Fsp3) is 0.0667. The van der Waals surface area contributed by atoms with Gasteiger partial charge in [-0.15, -0.1) is 0 Å². The van der Waals surface area contributed by atoms with Gasteiger partial charge in [0, 0.05) is 10.6 Å². The molecular weight excluding hydrogens is 278 g/mol. The van der Waals surface area contributed by atoms with Gasteiger partial charge in [-0.2, -0.15) is 5.26 Å². The smallest absolute Gasteiger partial charge is 0.341 e. The van der Waals surface area contributed by atoms with Gasteiger partial charge in [-0.1, -0.05) is 23.7 Å². The zero-order valence-corrected chi connectivity index (χ0v) is 11.1. The predicted octanol–water partition coefficient (Wildman–Crippen LogP) is 3.34.